The molecule has 1 aromatic carbocycles. The van der Waals surface area contributed by atoms with Crippen LogP contribution in [0.15, 0.2) is 24.3 Å². The lowest BCUT2D eigenvalue weighted by molar-refractivity contribution is -0.143. The van der Waals surface area contributed by atoms with Crippen molar-refractivity contribution in [1.82, 2.24) is 5.32 Å². The van der Waals surface area contributed by atoms with E-state index in [1.165, 1.54) is 5.56 Å². The van der Waals surface area contributed by atoms with E-state index < -0.39 is 5.97 Å². The second kappa shape index (κ2) is 7.46. The number of carbonyl (C=O) groups is 1. The fraction of sp³-hybridized carbons (Fsp3) is 0.588. The highest BCUT2D eigenvalue weighted by Crippen LogP contribution is 2.24. The highest BCUT2D eigenvalue weighted by Gasteiger charge is 2.26. The van der Waals surface area contributed by atoms with Crippen LogP contribution >= 0.6 is 0 Å². The first-order valence-electron chi connectivity index (χ1n) is 7.76. The summed E-state index contributed by atoms with van der Waals surface area (Å²) in [4.78, 5) is 11.1. The molecule has 21 heavy (non-hydrogen) atoms. The van der Waals surface area contributed by atoms with Crippen molar-refractivity contribution < 1.29 is 14.6 Å². The first kappa shape index (κ1) is 15.8. The van der Waals surface area contributed by atoms with Gasteiger partial charge in [-0.1, -0.05) is 18.6 Å². The molecule has 2 atom stereocenters. The van der Waals surface area contributed by atoms with Crippen molar-refractivity contribution in [3.63, 3.8) is 0 Å². The van der Waals surface area contributed by atoms with Crippen LogP contribution in [0.1, 0.15) is 45.1 Å². The van der Waals surface area contributed by atoms with E-state index in [0.717, 1.165) is 38.0 Å². The van der Waals surface area contributed by atoms with Crippen LogP contribution in [-0.2, 0) is 11.3 Å². The lowest BCUT2D eigenvalue weighted by Crippen LogP contribution is -2.36. The van der Waals surface area contributed by atoms with Gasteiger partial charge in [0.15, 0.2) is 0 Å². The first-order valence-corrected chi connectivity index (χ1v) is 7.76. The van der Waals surface area contributed by atoms with E-state index in [1.54, 1.807) is 0 Å². The zero-order valence-electron chi connectivity index (χ0n) is 12.8. The van der Waals surface area contributed by atoms with Crippen molar-refractivity contribution in [3.8, 4) is 5.75 Å². The quantitative estimate of drug-likeness (QED) is 0.845. The summed E-state index contributed by atoms with van der Waals surface area (Å²) in [5.41, 5.74) is 1.20. The Morgan fingerprint density at radius 3 is 2.67 bits per heavy atom. The maximum Gasteiger partial charge on any atom is 0.306 e. The summed E-state index contributed by atoms with van der Waals surface area (Å²) < 4.78 is 5.62. The minimum Gasteiger partial charge on any atom is -0.491 e. The molecule has 0 amide bonds. The molecule has 2 rings (SSSR count). The predicted octanol–water partition coefficient (Wildman–Crippen LogP) is 3.21. The fourth-order valence-electron chi connectivity index (χ4n) is 2.82. The van der Waals surface area contributed by atoms with Gasteiger partial charge in [0.2, 0.25) is 0 Å². The molecule has 0 bridgehead atoms. The maximum atomic E-state index is 11.1. The molecule has 0 heterocycles. The van der Waals surface area contributed by atoms with Crippen LogP contribution in [0, 0.1) is 5.92 Å². The van der Waals surface area contributed by atoms with Gasteiger partial charge >= 0.3 is 5.97 Å². The Morgan fingerprint density at radius 1 is 1.33 bits per heavy atom. The first-order chi connectivity index (χ1) is 10.0. The van der Waals surface area contributed by atoms with E-state index in [1.807, 2.05) is 26.0 Å². The van der Waals surface area contributed by atoms with E-state index in [0.29, 0.717) is 6.04 Å². The second-order valence-corrected chi connectivity index (χ2v) is 6.09. The smallest absolute Gasteiger partial charge is 0.306 e. The number of benzene rings is 1. The molecule has 1 saturated carbocycles. The van der Waals surface area contributed by atoms with Gasteiger partial charge in [0.05, 0.1) is 12.0 Å². The zero-order valence-corrected chi connectivity index (χ0v) is 12.8. The average molecular weight is 291 g/mol. The van der Waals surface area contributed by atoms with Gasteiger partial charge in [-0.05, 0) is 50.8 Å². The highest BCUT2D eigenvalue weighted by molar-refractivity contribution is 5.70. The Hall–Kier alpha value is -1.55. The SMILES string of the molecule is CC(C)Oc1ccc(CNC2CCCC(C(=O)O)C2)cc1. The van der Waals surface area contributed by atoms with Crippen molar-refractivity contribution in [2.45, 2.75) is 58.2 Å². The van der Waals surface area contributed by atoms with E-state index in [2.05, 4.69) is 17.4 Å². The molecular weight excluding hydrogens is 266 g/mol. The third-order valence-electron chi connectivity index (χ3n) is 3.91. The van der Waals surface area contributed by atoms with Crippen LogP contribution in [-0.4, -0.2) is 23.2 Å². The molecule has 2 N–H and O–H groups in total. The molecule has 4 nitrogen and oxygen atoms in total. The molecule has 0 aliphatic heterocycles. The summed E-state index contributed by atoms with van der Waals surface area (Å²) >= 11 is 0. The van der Waals surface area contributed by atoms with E-state index in [9.17, 15) is 4.79 Å². The number of rotatable bonds is 6. The minimum absolute atomic E-state index is 0.182. The van der Waals surface area contributed by atoms with E-state index in [4.69, 9.17) is 9.84 Å². The monoisotopic (exact) mass is 291 g/mol. The molecule has 0 saturated heterocycles. The van der Waals surface area contributed by atoms with Crippen molar-refractivity contribution in [2.24, 2.45) is 5.92 Å². The number of aliphatic carboxylic acids is 1. The third kappa shape index (κ3) is 5.05. The summed E-state index contributed by atoms with van der Waals surface area (Å²) in [5.74, 6) is 0.0483. The van der Waals surface area contributed by atoms with Crippen molar-refractivity contribution in [3.05, 3.63) is 29.8 Å². The molecule has 1 aromatic rings. The average Bonchev–Trinajstić information content (AvgIpc) is 2.46. The van der Waals surface area contributed by atoms with Crippen LogP contribution in [0.25, 0.3) is 0 Å². The van der Waals surface area contributed by atoms with E-state index in [-0.39, 0.29) is 12.0 Å². The number of hydrogen-bond donors (Lipinski definition) is 2. The van der Waals surface area contributed by atoms with Crippen molar-refractivity contribution >= 4 is 5.97 Å². The topological polar surface area (TPSA) is 58.6 Å². The molecule has 4 heteroatoms. The number of hydrogen-bond acceptors (Lipinski definition) is 3. The summed E-state index contributed by atoms with van der Waals surface area (Å²) in [6.45, 7) is 4.80. The number of nitrogens with one attached hydrogen (secondary N) is 1. The van der Waals surface area contributed by atoms with Gasteiger partial charge in [0, 0.05) is 12.6 Å². The Kier molecular flexibility index (Phi) is 5.62. The minimum atomic E-state index is -0.656. The van der Waals surface area contributed by atoms with Gasteiger partial charge in [-0.2, -0.15) is 0 Å². The largest absolute Gasteiger partial charge is 0.491 e. The van der Waals surface area contributed by atoms with Gasteiger partial charge in [-0.15, -0.1) is 0 Å². The van der Waals surface area contributed by atoms with Crippen LogP contribution in [0.2, 0.25) is 0 Å². The molecular formula is C17H25NO3. The molecule has 2 unspecified atom stereocenters. The normalized spacial score (nSPS) is 22.2. The number of carboxylic acid groups (broad SMARTS) is 1. The Bertz CT molecular complexity index is 456. The molecule has 0 aromatic heterocycles. The predicted molar refractivity (Wildman–Crippen MR) is 82.4 cm³/mol. The molecule has 0 spiro atoms. The molecule has 1 aliphatic carbocycles. The Balaban J connectivity index is 1.81. The summed E-state index contributed by atoms with van der Waals surface area (Å²) in [6, 6.07) is 8.40. The van der Waals surface area contributed by atoms with Crippen molar-refractivity contribution in [1.29, 1.82) is 0 Å². The Labute approximate surface area is 126 Å². The molecule has 0 radical (unpaired) electrons. The molecule has 116 valence electrons. The lowest BCUT2D eigenvalue weighted by atomic mass is 9.86. The highest BCUT2D eigenvalue weighted by atomic mass is 16.5. The lowest BCUT2D eigenvalue weighted by Gasteiger charge is -2.27. The Morgan fingerprint density at radius 2 is 2.05 bits per heavy atom. The van der Waals surface area contributed by atoms with Crippen LogP contribution in [0.5, 0.6) is 5.75 Å². The van der Waals surface area contributed by atoms with Gasteiger partial charge in [-0.3, -0.25) is 4.79 Å². The van der Waals surface area contributed by atoms with Gasteiger partial charge < -0.3 is 15.2 Å². The summed E-state index contributed by atoms with van der Waals surface area (Å²) in [7, 11) is 0. The standard InChI is InChI=1S/C17H25NO3/c1-12(2)21-16-8-6-13(7-9-16)11-18-15-5-3-4-14(10-15)17(19)20/h6-9,12,14-15,18H,3-5,10-11H2,1-2H3,(H,19,20). The molecule has 1 aliphatic rings. The van der Waals surface area contributed by atoms with Crippen LogP contribution in [0.4, 0.5) is 0 Å². The van der Waals surface area contributed by atoms with E-state index >= 15 is 0 Å². The fourth-order valence-corrected chi connectivity index (χ4v) is 2.82. The van der Waals surface area contributed by atoms with Gasteiger partial charge in [0.25, 0.3) is 0 Å². The maximum absolute atomic E-state index is 11.1. The van der Waals surface area contributed by atoms with Gasteiger partial charge in [0.1, 0.15) is 5.75 Å². The number of ether oxygens (including phenoxy) is 1. The summed E-state index contributed by atoms with van der Waals surface area (Å²) in [5, 5.41) is 12.6. The second-order valence-electron chi connectivity index (χ2n) is 6.09. The summed E-state index contributed by atoms with van der Waals surface area (Å²) in [6.07, 6.45) is 3.80. The zero-order chi connectivity index (χ0) is 15.2. The van der Waals surface area contributed by atoms with Gasteiger partial charge in [-0.25, -0.2) is 0 Å². The van der Waals surface area contributed by atoms with Crippen LogP contribution < -0.4 is 10.1 Å². The molecule has 1 fully saturated rings. The number of carboxylic acids is 1. The van der Waals surface area contributed by atoms with Crippen LogP contribution in [0.3, 0.4) is 0 Å². The van der Waals surface area contributed by atoms with Crippen molar-refractivity contribution in [2.75, 3.05) is 0 Å². The third-order valence-corrected chi connectivity index (χ3v) is 3.91.